The maximum absolute atomic E-state index is 12.4. The predicted octanol–water partition coefficient (Wildman–Crippen LogP) is 3.66. The molecular weight excluding hydrogens is 328 g/mol. The van der Waals surface area contributed by atoms with Gasteiger partial charge in [0.2, 0.25) is 0 Å². The number of carbonyl (C=O) groups is 1. The van der Waals surface area contributed by atoms with Crippen LogP contribution in [-0.2, 0) is 6.54 Å². The standard InChI is InChI=1S/C20H20N4O2/c1-14-4-3-5-15(10-14)12-21-19-11-18(22-13-23-19)20(25)24-16-6-8-17(26-2)9-7-16/h3-11,13H,12H2,1-2H3,(H,24,25)(H,21,22,23). The first-order valence-corrected chi connectivity index (χ1v) is 8.21. The second-order valence-electron chi connectivity index (χ2n) is 5.81. The third-order valence-electron chi connectivity index (χ3n) is 3.80. The molecule has 132 valence electrons. The van der Waals surface area contributed by atoms with Gasteiger partial charge in [-0.3, -0.25) is 4.79 Å². The molecule has 26 heavy (non-hydrogen) atoms. The van der Waals surface area contributed by atoms with E-state index in [4.69, 9.17) is 4.74 Å². The van der Waals surface area contributed by atoms with Crippen LogP contribution in [0.5, 0.6) is 5.75 Å². The number of benzene rings is 2. The van der Waals surface area contributed by atoms with Crippen molar-refractivity contribution in [1.29, 1.82) is 0 Å². The molecule has 0 atom stereocenters. The van der Waals surface area contributed by atoms with Crippen LogP contribution in [0.3, 0.4) is 0 Å². The summed E-state index contributed by atoms with van der Waals surface area (Å²) < 4.78 is 5.10. The van der Waals surface area contributed by atoms with Crippen LogP contribution in [0.4, 0.5) is 11.5 Å². The van der Waals surface area contributed by atoms with Crippen LogP contribution < -0.4 is 15.4 Å². The van der Waals surface area contributed by atoms with E-state index in [9.17, 15) is 4.79 Å². The van der Waals surface area contributed by atoms with Gasteiger partial charge in [-0.05, 0) is 36.8 Å². The molecule has 0 radical (unpaired) electrons. The fraction of sp³-hybridized carbons (Fsp3) is 0.150. The molecule has 0 saturated carbocycles. The third-order valence-corrected chi connectivity index (χ3v) is 3.80. The molecular formula is C20H20N4O2. The first-order chi connectivity index (χ1) is 12.6. The summed E-state index contributed by atoms with van der Waals surface area (Å²) in [5.74, 6) is 1.03. The van der Waals surface area contributed by atoms with Crippen molar-refractivity contribution in [1.82, 2.24) is 9.97 Å². The Morgan fingerprint density at radius 3 is 2.62 bits per heavy atom. The lowest BCUT2D eigenvalue weighted by molar-refractivity contribution is 0.102. The van der Waals surface area contributed by atoms with Crippen LogP contribution in [0.25, 0.3) is 0 Å². The van der Waals surface area contributed by atoms with Gasteiger partial charge in [-0.25, -0.2) is 9.97 Å². The number of nitrogens with zero attached hydrogens (tertiary/aromatic N) is 2. The zero-order valence-electron chi connectivity index (χ0n) is 14.7. The summed E-state index contributed by atoms with van der Waals surface area (Å²) >= 11 is 0. The summed E-state index contributed by atoms with van der Waals surface area (Å²) in [6, 6.07) is 17.0. The largest absolute Gasteiger partial charge is 0.497 e. The minimum Gasteiger partial charge on any atom is -0.497 e. The smallest absolute Gasteiger partial charge is 0.274 e. The minimum atomic E-state index is -0.295. The van der Waals surface area contributed by atoms with E-state index in [1.54, 1.807) is 37.4 Å². The molecule has 1 heterocycles. The monoisotopic (exact) mass is 348 g/mol. The van der Waals surface area contributed by atoms with Crippen LogP contribution in [0, 0.1) is 6.92 Å². The number of carbonyl (C=O) groups excluding carboxylic acids is 1. The molecule has 0 aliphatic heterocycles. The number of ether oxygens (including phenoxy) is 1. The van der Waals surface area contributed by atoms with Crippen LogP contribution in [-0.4, -0.2) is 23.0 Å². The fourth-order valence-corrected chi connectivity index (χ4v) is 2.46. The Kier molecular flexibility index (Phi) is 5.43. The maximum Gasteiger partial charge on any atom is 0.274 e. The van der Waals surface area contributed by atoms with Crippen LogP contribution >= 0.6 is 0 Å². The van der Waals surface area contributed by atoms with Crippen molar-refractivity contribution < 1.29 is 9.53 Å². The van der Waals surface area contributed by atoms with Crippen molar-refractivity contribution in [2.45, 2.75) is 13.5 Å². The molecule has 0 unspecified atom stereocenters. The Hall–Kier alpha value is -3.41. The first-order valence-electron chi connectivity index (χ1n) is 8.21. The fourth-order valence-electron chi connectivity index (χ4n) is 2.46. The summed E-state index contributed by atoms with van der Waals surface area (Å²) in [5, 5.41) is 6.02. The van der Waals surface area contributed by atoms with Gasteiger partial charge in [-0.1, -0.05) is 29.8 Å². The second-order valence-corrected chi connectivity index (χ2v) is 5.81. The highest BCUT2D eigenvalue weighted by atomic mass is 16.5. The van der Waals surface area contributed by atoms with Crippen molar-refractivity contribution in [3.05, 3.63) is 77.7 Å². The average Bonchev–Trinajstić information content (AvgIpc) is 2.67. The number of hydrogen-bond donors (Lipinski definition) is 2. The maximum atomic E-state index is 12.4. The van der Waals surface area contributed by atoms with E-state index >= 15 is 0 Å². The number of nitrogens with one attached hydrogen (secondary N) is 2. The van der Waals surface area contributed by atoms with Gasteiger partial charge in [-0.2, -0.15) is 0 Å². The van der Waals surface area contributed by atoms with Gasteiger partial charge in [0.05, 0.1) is 7.11 Å². The van der Waals surface area contributed by atoms with Gasteiger partial charge in [0, 0.05) is 18.3 Å². The van der Waals surface area contributed by atoms with Crippen molar-refractivity contribution in [2.24, 2.45) is 0 Å². The number of aromatic nitrogens is 2. The highest BCUT2D eigenvalue weighted by molar-refractivity contribution is 6.03. The number of methoxy groups -OCH3 is 1. The van der Waals surface area contributed by atoms with Crippen LogP contribution in [0.1, 0.15) is 21.6 Å². The van der Waals surface area contributed by atoms with Gasteiger partial charge in [0.15, 0.2) is 0 Å². The zero-order chi connectivity index (χ0) is 18.4. The molecule has 0 fully saturated rings. The summed E-state index contributed by atoms with van der Waals surface area (Å²) in [4.78, 5) is 20.6. The van der Waals surface area contributed by atoms with E-state index in [-0.39, 0.29) is 5.91 Å². The van der Waals surface area contributed by atoms with E-state index in [1.165, 1.54) is 11.9 Å². The van der Waals surface area contributed by atoms with Gasteiger partial charge >= 0.3 is 0 Å². The van der Waals surface area contributed by atoms with E-state index in [1.807, 2.05) is 12.1 Å². The Morgan fingerprint density at radius 1 is 1.08 bits per heavy atom. The highest BCUT2D eigenvalue weighted by Gasteiger charge is 2.09. The summed E-state index contributed by atoms with van der Waals surface area (Å²) in [6.07, 6.45) is 1.38. The normalized spacial score (nSPS) is 10.2. The van der Waals surface area contributed by atoms with Gasteiger partial charge in [0.25, 0.3) is 5.91 Å². The molecule has 2 N–H and O–H groups in total. The molecule has 0 spiro atoms. The molecule has 0 aliphatic rings. The molecule has 0 aliphatic carbocycles. The topological polar surface area (TPSA) is 76.1 Å². The number of amides is 1. The number of anilines is 2. The number of aryl methyl sites for hydroxylation is 1. The van der Waals surface area contributed by atoms with Crippen molar-refractivity contribution >= 4 is 17.4 Å². The van der Waals surface area contributed by atoms with Crippen LogP contribution in [0.2, 0.25) is 0 Å². The third kappa shape index (κ3) is 4.57. The van der Waals surface area contributed by atoms with Crippen molar-refractivity contribution in [3.8, 4) is 5.75 Å². The first kappa shape index (κ1) is 17.4. The zero-order valence-corrected chi connectivity index (χ0v) is 14.7. The molecule has 6 nitrogen and oxygen atoms in total. The summed E-state index contributed by atoms with van der Waals surface area (Å²) in [6.45, 7) is 2.67. The lowest BCUT2D eigenvalue weighted by Gasteiger charge is -2.08. The van der Waals surface area contributed by atoms with Crippen molar-refractivity contribution in [3.63, 3.8) is 0 Å². The van der Waals surface area contributed by atoms with E-state index in [2.05, 4.69) is 39.7 Å². The van der Waals surface area contributed by atoms with Gasteiger partial charge in [0.1, 0.15) is 23.6 Å². The second kappa shape index (κ2) is 8.11. The molecule has 3 rings (SSSR count). The molecule has 2 aromatic carbocycles. The Morgan fingerprint density at radius 2 is 1.88 bits per heavy atom. The van der Waals surface area contributed by atoms with E-state index in [0.717, 1.165) is 11.3 Å². The molecule has 1 amide bonds. The van der Waals surface area contributed by atoms with Gasteiger partial charge < -0.3 is 15.4 Å². The summed E-state index contributed by atoms with van der Waals surface area (Å²) in [5.41, 5.74) is 3.31. The lowest BCUT2D eigenvalue weighted by atomic mass is 10.1. The van der Waals surface area contributed by atoms with Gasteiger partial charge in [-0.15, -0.1) is 0 Å². The van der Waals surface area contributed by atoms with E-state index < -0.39 is 0 Å². The number of hydrogen-bond acceptors (Lipinski definition) is 5. The Bertz CT molecular complexity index is 894. The molecule has 3 aromatic rings. The molecule has 0 saturated heterocycles. The Labute approximate surface area is 152 Å². The van der Waals surface area contributed by atoms with E-state index in [0.29, 0.717) is 23.7 Å². The minimum absolute atomic E-state index is 0.294. The SMILES string of the molecule is COc1ccc(NC(=O)c2cc(NCc3cccc(C)c3)ncn2)cc1. The summed E-state index contributed by atoms with van der Waals surface area (Å²) in [7, 11) is 1.60. The quantitative estimate of drug-likeness (QED) is 0.711. The van der Waals surface area contributed by atoms with Crippen LogP contribution in [0.15, 0.2) is 60.9 Å². The predicted molar refractivity (Wildman–Crippen MR) is 101 cm³/mol. The molecule has 1 aromatic heterocycles. The Balaban J connectivity index is 1.64. The van der Waals surface area contributed by atoms with Crippen molar-refractivity contribution in [2.75, 3.05) is 17.7 Å². The highest BCUT2D eigenvalue weighted by Crippen LogP contribution is 2.16. The molecule has 0 bridgehead atoms. The average molecular weight is 348 g/mol. The molecule has 6 heteroatoms. The number of rotatable bonds is 6. The lowest BCUT2D eigenvalue weighted by Crippen LogP contribution is -2.14.